The summed E-state index contributed by atoms with van der Waals surface area (Å²) < 4.78 is 8.74. The van der Waals surface area contributed by atoms with Crippen LogP contribution in [0, 0.1) is 41.7 Å². The van der Waals surface area contributed by atoms with E-state index < -0.39 is 9.17 Å². The van der Waals surface area contributed by atoms with Crippen molar-refractivity contribution in [2.24, 2.45) is 0 Å². The molecule has 0 saturated heterocycles. The molecule has 0 spiro atoms. The minimum absolute atomic E-state index is 0. The van der Waals surface area contributed by atoms with Gasteiger partial charge in [0.1, 0.15) is 0 Å². The van der Waals surface area contributed by atoms with E-state index in [1.165, 1.54) is 0 Å². The summed E-state index contributed by atoms with van der Waals surface area (Å²) in [5, 5.41) is 0. The Labute approximate surface area is 95.7 Å². The maximum absolute atomic E-state index is 8.74. The predicted octanol–water partition coefficient (Wildman–Crippen LogP) is -1.62. The topological polar surface area (TPSA) is 57.5 Å². The SMILES string of the molecule is O=[Si](O)O.[Ce].[Y]. The second-order valence-corrected chi connectivity index (χ2v) is 0.848. The van der Waals surface area contributed by atoms with Crippen LogP contribution in [0.25, 0.3) is 0 Å². The van der Waals surface area contributed by atoms with Gasteiger partial charge in [0.2, 0.25) is 0 Å². The molecule has 0 aromatic rings. The van der Waals surface area contributed by atoms with Gasteiger partial charge < -0.3 is 9.59 Å². The third-order valence-electron chi connectivity index (χ3n) is 0. The van der Waals surface area contributed by atoms with E-state index in [1.54, 1.807) is 0 Å². The first-order valence-electron chi connectivity index (χ1n) is 0.651. The van der Waals surface area contributed by atoms with Crippen LogP contribution in [-0.4, -0.2) is 18.8 Å². The van der Waals surface area contributed by atoms with Crippen LogP contribution in [0.15, 0.2) is 0 Å². The monoisotopic (exact) mass is 307 g/mol. The van der Waals surface area contributed by atoms with Gasteiger partial charge in [0.25, 0.3) is 0 Å². The van der Waals surface area contributed by atoms with Crippen LogP contribution in [-0.2, 0) is 37.2 Å². The molecule has 1 radical (unpaired) electrons. The van der Waals surface area contributed by atoms with Crippen molar-refractivity contribution in [1.29, 1.82) is 0 Å². The quantitative estimate of drug-likeness (QED) is 0.529. The molecule has 0 aromatic carbocycles. The van der Waals surface area contributed by atoms with Crippen LogP contribution in [0.3, 0.4) is 0 Å². The number of rotatable bonds is 0. The zero-order valence-electron chi connectivity index (χ0n) is 2.88. The van der Waals surface area contributed by atoms with E-state index in [9.17, 15) is 0 Å². The molecule has 0 rings (SSSR count). The largest absolute Gasteiger partial charge is 0.761 e. The van der Waals surface area contributed by atoms with E-state index in [2.05, 4.69) is 0 Å². The Balaban J connectivity index is -0.0000000450. The molecule has 0 bridgehead atoms. The average molecular weight is 307 g/mol. The molecule has 0 fully saturated rings. The molecule has 0 amide bonds. The summed E-state index contributed by atoms with van der Waals surface area (Å²) in [7, 11) is -3.13. The molecule has 31 valence electrons. The van der Waals surface area contributed by atoms with E-state index >= 15 is 0 Å². The Bertz CT molecular complexity index is 33.8. The first kappa shape index (κ1) is 15.7. The van der Waals surface area contributed by atoms with Crippen LogP contribution in [0.1, 0.15) is 0 Å². The molecule has 3 nitrogen and oxygen atoms in total. The fourth-order valence-electron chi connectivity index (χ4n) is 0. The van der Waals surface area contributed by atoms with Crippen molar-refractivity contribution in [2.45, 2.75) is 0 Å². The van der Waals surface area contributed by atoms with Gasteiger partial charge in [-0.1, -0.05) is 0 Å². The van der Waals surface area contributed by atoms with Gasteiger partial charge in [0.15, 0.2) is 0 Å². The molecular formula is H2CeO3SiY. The minimum atomic E-state index is -3.13. The summed E-state index contributed by atoms with van der Waals surface area (Å²) in [4.78, 5) is 14.3. The Hall–Kier alpha value is 2.10. The van der Waals surface area contributed by atoms with Gasteiger partial charge >= 0.3 is 9.17 Å². The molecule has 0 aromatic heterocycles. The van der Waals surface area contributed by atoms with Gasteiger partial charge in [0, 0.05) is 74.5 Å². The van der Waals surface area contributed by atoms with Crippen molar-refractivity contribution in [3.63, 3.8) is 0 Å². The van der Waals surface area contributed by atoms with Crippen LogP contribution >= 0.6 is 0 Å². The second kappa shape index (κ2) is 10.2. The molecule has 0 heterocycles. The first-order chi connectivity index (χ1) is 1.73. The van der Waals surface area contributed by atoms with Crippen molar-refractivity contribution in [1.82, 2.24) is 0 Å². The van der Waals surface area contributed by atoms with Gasteiger partial charge in [-0.25, -0.2) is 0 Å². The maximum atomic E-state index is 8.74. The van der Waals surface area contributed by atoms with Crippen LogP contribution in [0.4, 0.5) is 0 Å². The summed E-state index contributed by atoms with van der Waals surface area (Å²) >= 11 is 0. The molecule has 6 heteroatoms. The van der Waals surface area contributed by atoms with Crippen LogP contribution < -0.4 is 0 Å². The second-order valence-electron chi connectivity index (χ2n) is 0.283. The Morgan fingerprint density at radius 1 is 1.33 bits per heavy atom. The van der Waals surface area contributed by atoms with E-state index in [4.69, 9.17) is 14.1 Å². The number of hydrogen-bond acceptors (Lipinski definition) is 1. The van der Waals surface area contributed by atoms with E-state index in [1.807, 2.05) is 0 Å². The van der Waals surface area contributed by atoms with E-state index in [0.717, 1.165) is 0 Å². The normalized spacial score (nSPS) is 4.00. The summed E-state index contributed by atoms with van der Waals surface area (Å²) in [6, 6.07) is 0. The summed E-state index contributed by atoms with van der Waals surface area (Å²) in [6.07, 6.45) is 0. The fraction of sp³-hybridized carbons (Fsp3) is 0. The zero-order chi connectivity index (χ0) is 3.58. The zero-order valence-corrected chi connectivity index (χ0v) is 9.86. The average Bonchev–Trinajstić information content (AvgIpc) is 0.811. The van der Waals surface area contributed by atoms with Gasteiger partial charge in [-0.05, 0) is 0 Å². The molecular weight excluding hydrogens is 305 g/mol. The van der Waals surface area contributed by atoms with Gasteiger partial charge in [-0.15, -0.1) is 0 Å². The Morgan fingerprint density at radius 2 is 1.33 bits per heavy atom. The summed E-state index contributed by atoms with van der Waals surface area (Å²) in [5.41, 5.74) is 0. The number of hydrogen-bond donors (Lipinski definition) is 2. The molecule has 0 aliphatic carbocycles. The first-order valence-corrected chi connectivity index (χ1v) is 1.95. The minimum Gasteiger partial charge on any atom is -0.511 e. The van der Waals surface area contributed by atoms with Crippen molar-refractivity contribution in [3.8, 4) is 0 Å². The van der Waals surface area contributed by atoms with Crippen molar-refractivity contribution in [2.75, 3.05) is 0 Å². The molecule has 0 aliphatic rings. The predicted molar refractivity (Wildman–Crippen MR) is 10.9 cm³/mol. The summed E-state index contributed by atoms with van der Waals surface area (Å²) in [5.74, 6) is 0. The molecule has 0 unspecified atom stereocenters. The van der Waals surface area contributed by atoms with Crippen LogP contribution in [0.2, 0.25) is 0 Å². The van der Waals surface area contributed by atoms with Gasteiger partial charge in [-0.2, -0.15) is 0 Å². The standard InChI is InChI=1S/Ce.H2O3Si.Y/c;1-4(2)3;/h;1-2H;. The van der Waals surface area contributed by atoms with E-state index in [0.29, 0.717) is 0 Å². The summed E-state index contributed by atoms with van der Waals surface area (Å²) in [6.45, 7) is 0. The molecule has 0 aliphatic heterocycles. The van der Waals surface area contributed by atoms with Gasteiger partial charge in [-0.3, -0.25) is 4.46 Å². The Morgan fingerprint density at radius 3 is 1.33 bits per heavy atom. The molecule has 6 heavy (non-hydrogen) atoms. The maximum Gasteiger partial charge on any atom is 0.761 e. The van der Waals surface area contributed by atoms with Crippen molar-refractivity contribution < 1.29 is 88.5 Å². The molecule has 2 N–H and O–H groups in total. The molecule has 0 atom stereocenters. The van der Waals surface area contributed by atoms with Crippen molar-refractivity contribution in [3.05, 3.63) is 0 Å². The fourth-order valence-corrected chi connectivity index (χ4v) is 0. The Kier molecular flexibility index (Phi) is 26.6. The molecule has 0 saturated carbocycles. The third kappa shape index (κ3) is 36.0. The van der Waals surface area contributed by atoms with Gasteiger partial charge in [0.05, 0.1) is 0 Å². The third-order valence-corrected chi connectivity index (χ3v) is 0. The smallest absolute Gasteiger partial charge is 0.511 e. The van der Waals surface area contributed by atoms with Crippen LogP contribution in [0.5, 0.6) is 0 Å². The van der Waals surface area contributed by atoms with E-state index in [-0.39, 0.29) is 74.5 Å². The van der Waals surface area contributed by atoms with Crippen molar-refractivity contribution >= 4 is 9.17 Å².